The van der Waals surface area contributed by atoms with Crippen molar-refractivity contribution in [3.8, 4) is 11.4 Å². The number of rotatable bonds is 4. The molecule has 0 aliphatic carbocycles. The molecule has 11 nitrogen and oxygen atoms in total. The Hall–Kier alpha value is -3.97. The number of hydrogen-bond donors (Lipinski definition) is 2. The number of carbonyl (C=O) groups excluding carboxylic acids is 3. The monoisotopic (exact) mass is 624 g/mol. The Balaban J connectivity index is 1.41. The zero-order valence-electron chi connectivity index (χ0n) is 25.1. The lowest BCUT2D eigenvalue weighted by molar-refractivity contribution is -0.172. The molecule has 0 saturated carbocycles. The first-order chi connectivity index (χ1) is 20.7. The highest BCUT2D eigenvalue weighted by Crippen LogP contribution is 2.40. The second kappa shape index (κ2) is 10.6. The molecule has 3 aromatic rings. The van der Waals surface area contributed by atoms with Gasteiger partial charge in [0.2, 0.25) is 5.91 Å². The summed E-state index contributed by atoms with van der Waals surface area (Å²) < 4.78 is 26.9. The topological polar surface area (TPSA) is 140 Å². The van der Waals surface area contributed by atoms with Crippen LogP contribution in [0, 0.1) is 12.7 Å². The number of cyclic esters (lactones) is 1. The van der Waals surface area contributed by atoms with Crippen molar-refractivity contribution in [2.45, 2.75) is 78.0 Å². The molecule has 1 saturated heterocycles. The molecule has 2 aromatic heterocycles. The minimum absolute atomic E-state index is 0.00126. The third kappa shape index (κ3) is 4.82. The number of pyridine rings is 2. The molecule has 0 bridgehead atoms. The van der Waals surface area contributed by atoms with E-state index in [0.29, 0.717) is 50.6 Å². The first kappa shape index (κ1) is 30.1. The highest BCUT2D eigenvalue weighted by molar-refractivity contribution is 7.99. The van der Waals surface area contributed by atoms with E-state index >= 15 is 0 Å². The van der Waals surface area contributed by atoms with E-state index < -0.39 is 40.7 Å². The van der Waals surface area contributed by atoms with Crippen LogP contribution in [0.3, 0.4) is 0 Å². The number of aryl methyl sites for hydroxylation is 1. The largest absolute Gasteiger partial charge is 0.458 e. The number of nitrogens with one attached hydrogen (secondary N) is 1. The van der Waals surface area contributed by atoms with Gasteiger partial charge >= 0.3 is 12.1 Å². The van der Waals surface area contributed by atoms with E-state index in [9.17, 15) is 28.7 Å². The van der Waals surface area contributed by atoms with Crippen LogP contribution in [-0.2, 0) is 44.4 Å². The first-order valence-electron chi connectivity index (χ1n) is 14.4. The number of halogens is 1. The van der Waals surface area contributed by atoms with Crippen molar-refractivity contribution >= 4 is 40.6 Å². The number of hydrogen-bond acceptors (Lipinski definition) is 9. The summed E-state index contributed by atoms with van der Waals surface area (Å²) in [6.45, 7) is 8.42. The molecule has 0 radical (unpaired) electrons. The van der Waals surface area contributed by atoms with Crippen LogP contribution in [0.1, 0.15) is 61.9 Å². The first-order valence-corrected chi connectivity index (χ1v) is 15.5. The number of thioether (sulfide) groups is 1. The molecular formula is C31H33FN4O7S. The van der Waals surface area contributed by atoms with E-state index in [1.807, 2.05) is 0 Å². The number of amides is 2. The number of nitrogens with zero attached hydrogens (tertiary/aromatic N) is 3. The summed E-state index contributed by atoms with van der Waals surface area (Å²) in [6, 6.07) is 3.82. The highest BCUT2D eigenvalue weighted by atomic mass is 32.2. The summed E-state index contributed by atoms with van der Waals surface area (Å²) in [5.41, 5.74) is 0.0322. The third-order valence-corrected chi connectivity index (χ3v) is 9.35. The predicted octanol–water partition coefficient (Wildman–Crippen LogP) is 3.45. The van der Waals surface area contributed by atoms with Gasteiger partial charge in [-0.1, -0.05) is 6.92 Å². The molecule has 2 atom stereocenters. The molecule has 232 valence electrons. The summed E-state index contributed by atoms with van der Waals surface area (Å²) in [7, 11) is 0. The van der Waals surface area contributed by atoms with Gasteiger partial charge in [-0.3, -0.25) is 14.5 Å². The molecule has 0 spiro atoms. The van der Waals surface area contributed by atoms with E-state index in [-0.39, 0.29) is 43.2 Å². The lowest BCUT2D eigenvalue weighted by Gasteiger charge is -2.31. The van der Waals surface area contributed by atoms with Crippen LogP contribution in [-0.4, -0.2) is 60.8 Å². The Bertz CT molecular complexity index is 1820. The van der Waals surface area contributed by atoms with Gasteiger partial charge in [-0.2, -0.15) is 0 Å². The molecule has 44 heavy (non-hydrogen) atoms. The van der Waals surface area contributed by atoms with E-state index in [2.05, 4.69) is 5.32 Å². The molecule has 1 fully saturated rings. The normalized spacial score (nSPS) is 20.7. The van der Waals surface area contributed by atoms with E-state index in [1.54, 1.807) is 46.8 Å². The fourth-order valence-electron chi connectivity index (χ4n) is 5.95. The fraction of sp³-hybridized carbons (Fsp3) is 0.452. The fourth-order valence-corrected chi connectivity index (χ4v) is 7.09. The number of benzene rings is 1. The van der Waals surface area contributed by atoms with Crippen molar-refractivity contribution in [3.63, 3.8) is 0 Å². The predicted molar refractivity (Wildman–Crippen MR) is 160 cm³/mol. The second-order valence-corrected chi connectivity index (χ2v) is 13.3. The van der Waals surface area contributed by atoms with Gasteiger partial charge in [0.25, 0.3) is 5.56 Å². The maximum atomic E-state index is 14.8. The van der Waals surface area contributed by atoms with Crippen LogP contribution in [0.4, 0.5) is 9.18 Å². The van der Waals surface area contributed by atoms with Crippen molar-refractivity contribution in [3.05, 3.63) is 62.2 Å². The quantitative estimate of drug-likeness (QED) is 0.327. The average molecular weight is 625 g/mol. The summed E-state index contributed by atoms with van der Waals surface area (Å²) in [6.07, 6.45) is -0.571. The Morgan fingerprint density at radius 1 is 1.25 bits per heavy atom. The summed E-state index contributed by atoms with van der Waals surface area (Å²) >= 11 is 1.45. The Morgan fingerprint density at radius 2 is 2.00 bits per heavy atom. The number of aromatic nitrogens is 2. The van der Waals surface area contributed by atoms with Crippen LogP contribution < -0.4 is 10.9 Å². The van der Waals surface area contributed by atoms with E-state index in [1.165, 1.54) is 27.3 Å². The molecule has 2 N–H and O–H groups in total. The molecule has 3 aliphatic rings. The van der Waals surface area contributed by atoms with Crippen LogP contribution in [0.15, 0.2) is 23.0 Å². The Kier molecular flexibility index (Phi) is 7.23. The van der Waals surface area contributed by atoms with Crippen LogP contribution >= 0.6 is 11.8 Å². The number of esters is 1. The van der Waals surface area contributed by atoms with Crippen molar-refractivity contribution in [1.29, 1.82) is 0 Å². The maximum Gasteiger partial charge on any atom is 0.411 e. The van der Waals surface area contributed by atoms with Crippen LogP contribution in [0.5, 0.6) is 0 Å². The van der Waals surface area contributed by atoms with Gasteiger partial charge in [0.05, 0.1) is 34.9 Å². The lowest BCUT2D eigenvalue weighted by atomic mass is 9.86. The van der Waals surface area contributed by atoms with E-state index in [4.69, 9.17) is 14.5 Å². The van der Waals surface area contributed by atoms with Crippen LogP contribution in [0.25, 0.3) is 22.3 Å². The molecule has 6 rings (SSSR count). The molecule has 13 heteroatoms. The molecular weight excluding hydrogens is 591 g/mol. The molecule has 2 amide bonds. The van der Waals surface area contributed by atoms with Gasteiger partial charge in [-0.15, -0.1) is 11.8 Å². The highest BCUT2D eigenvalue weighted by Gasteiger charge is 2.45. The summed E-state index contributed by atoms with van der Waals surface area (Å²) in [5.74, 6) is -0.936. The summed E-state index contributed by atoms with van der Waals surface area (Å²) in [5, 5.41) is 14.8. The number of aliphatic hydroxyl groups is 1. The summed E-state index contributed by atoms with van der Waals surface area (Å²) in [4.78, 5) is 58.6. The van der Waals surface area contributed by atoms with Crippen molar-refractivity contribution in [1.82, 2.24) is 19.8 Å². The third-order valence-electron chi connectivity index (χ3n) is 8.34. The van der Waals surface area contributed by atoms with Crippen LogP contribution in [0.2, 0.25) is 0 Å². The maximum absolute atomic E-state index is 14.8. The second-order valence-electron chi connectivity index (χ2n) is 12.3. The van der Waals surface area contributed by atoms with Crippen molar-refractivity contribution in [2.75, 3.05) is 11.6 Å². The van der Waals surface area contributed by atoms with Gasteiger partial charge in [-0.05, 0) is 57.4 Å². The van der Waals surface area contributed by atoms with E-state index in [0.717, 1.165) is 0 Å². The van der Waals surface area contributed by atoms with Gasteiger partial charge in [0, 0.05) is 34.9 Å². The standard InChI is InChI=1S/C31H33FN4O7S/c1-6-31(41)20-8-23-25-18(11-35(23)27(38)19(20)12-42-28(31)39)17(16-7-15(2)21(32)9-22(16)34-25)10-33-26(37)24-13-44-14-36(24)29(40)43-30(3,4)5/h7-9,24,41H,6,10-14H2,1-5H3,(H,33,37)/t24-,31+/m1/s1. The van der Waals surface area contributed by atoms with Gasteiger partial charge in [0.15, 0.2) is 5.60 Å². The minimum atomic E-state index is -1.98. The van der Waals surface area contributed by atoms with Gasteiger partial charge in [0.1, 0.15) is 24.1 Å². The average Bonchev–Trinajstić information content (AvgIpc) is 3.59. The molecule has 3 aliphatic heterocycles. The minimum Gasteiger partial charge on any atom is -0.458 e. The number of carbonyl (C=O) groups is 3. The number of ether oxygens (including phenoxy) is 2. The zero-order chi connectivity index (χ0) is 31.7. The smallest absolute Gasteiger partial charge is 0.411 e. The molecule has 1 aromatic carbocycles. The van der Waals surface area contributed by atoms with Crippen molar-refractivity contribution in [2.24, 2.45) is 0 Å². The zero-order valence-corrected chi connectivity index (χ0v) is 25.9. The Labute approximate surface area is 256 Å². The van der Waals surface area contributed by atoms with Gasteiger partial charge in [-0.25, -0.2) is 19.0 Å². The lowest BCUT2D eigenvalue weighted by Crippen LogP contribution is -2.48. The van der Waals surface area contributed by atoms with Gasteiger partial charge < -0.3 is 24.5 Å². The molecule has 0 unspecified atom stereocenters. The SMILES string of the molecule is CC[C@@]1(O)C(=O)OCc2c1cc1n(c2=O)Cc2c-1nc1cc(F)c(C)cc1c2CNC(=O)[C@H]1CSCN1C(=O)OC(C)(C)C. The number of fused-ring (bicyclic) bond motifs is 5. The molecule has 5 heterocycles. The van der Waals surface area contributed by atoms with Crippen molar-refractivity contribution < 1.29 is 33.4 Å². The Morgan fingerprint density at radius 3 is 2.70 bits per heavy atom.